The van der Waals surface area contributed by atoms with E-state index in [4.69, 9.17) is 13.6 Å². The molecule has 1 fully saturated rings. The molecule has 1 aliphatic rings. The molecule has 3 heterocycles. The Morgan fingerprint density at radius 2 is 1.86 bits per heavy atom. The van der Waals surface area contributed by atoms with Crippen LogP contribution < -0.4 is 15.4 Å². The molecule has 4 rings (SSSR count). The molecule has 1 aliphatic heterocycles. The molecule has 190 valence electrons. The molecule has 2 N–H and O–H groups in total. The van der Waals surface area contributed by atoms with Crippen LogP contribution in [0.25, 0.3) is 11.3 Å². The van der Waals surface area contributed by atoms with Gasteiger partial charge in [-0.2, -0.15) is 0 Å². The first-order valence-electron chi connectivity index (χ1n) is 11.5. The number of nitrogens with one attached hydrogen (secondary N) is 2. The van der Waals surface area contributed by atoms with Crippen LogP contribution in [0, 0.1) is 0 Å². The minimum atomic E-state index is -0.786. The number of hydrogen-bond donors (Lipinski definition) is 2. The number of nitrogens with zero attached hydrogens (tertiary/aromatic N) is 3. The lowest BCUT2D eigenvalue weighted by Gasteiger charge is -2.38. The van der Waals surface area contributed by atoms with Gasteiger partial charge in [0.1, 0.15) is 5.75 Å². The molecule has 11 heteroatoms. The molecule has 0 atom stereocenters. The number of anilines is 1. The van der Waals surface area contributed by atoms with E-state index >= 15 is 0 Å². The Morgan fingerprint density at radius 1 is 1.08 bits per heavy atom. The summed E-state index contributed by atoms with van der Waals surface area (Å²) in [4.78, 5) is 45.4. The smallest absolute Gasteiger partial charge is 0.313 e. The summed E-state index contributed by atoms with van der Waals surface area (Å²) >= 11 is 0. The van der Waals surface area contributed by atoms with Gasteiger partial charge in [0.25, 0.3) is 5.91 Å². The summed E-state index contributed by atoms with van der Waals surface area (Å²) in [7, 11) is 1.50. The Labute approximate surface area is 208 Å². The first kappa shape index (κ1) is 25.0. The van der Waals surface area contributed by atoms with Crippen molar-refractivity contribution >= 4 is 23.4 Å². The summed E-state index contributed by atoms with van der Waals surface area (Å²) < 4.78 is 15.9. The zero-order valence-corrected chi connectivity index (χ0v) is 20.4. The predicted octanol–water partition coefficient (Wildman–Crippen LogP) is 2.23. The van der Waals surface area contributed by atoms with Crippen molar-refractivity contribution in [3.05, 3.63) is 54.9 Å². The Morgan fingerprint density at radius 3 is 2.50 bits per heavy atom. The van der Waals surface area contributed by atoms with E-state index in [9.17, 15) is 14.4 Å². The molecule has 36 heavy (non-hydrogen) atoms. The van der Waals surface area contributed by atoms with Crippen LogP contribution in [0.3, 0.4) is 0 Å². The monoisotopic (exact) mass is 495 g/mol. The van der Waals surface area contributed by atoms with Crippen molar-refractivity contribution in [2.75, 3.05) is 45.2 Å². The number of oxazole rings is 1. The molecule has 0 spiro atoms. The van der Waals surface area contributed by atoms with Gasteiger partial charge < -0.3 is 29.1 Å². The number of furan rings is 1. The first-order chi connectivity index (χ1) is 17.3. The number of rotatable bonds is 7. The molecule has 0 aliphatic carbocycles. The lowest BCUT2D eigenvalue weighted by atomic mass is 10.0. The van der Waals surface area contributed by atoms with Gasteiger partial charge >= 0.3 is 11.8 Å². The summed E-state index contributed by atoms with van der Waals surface area (Å²) in [6, 6.07) is 8.32. The van der Waals surface area contributed by atoms with E-state index in [-0.39, 0.29) is 5.91 Å². The third-order valence-corrected chi connectivity index (χ3v) is 5.83. The standard InChI is InChI=1S/C25H29N5O6/c1-25(2,15-29-8-10-30(11-9-29)24(33)19-5-4-12-35-19)28-23(32)22(31)27-17-6-7-18(20(13-17)34-3)21-14-26-16-36-21/h4-7,12-14,16H,8-11,15H2,1-3H3,(H,27,31)(H,28,32). The number of carbonyl (C=O) groups excluding carboxylic acids is 3. The molecule has 2 aromatic heterocycles. The van der Waals surface area contributed by atoms with Gasteiger partial charge in [0.2, 0.25) is 0 Å². The molecule has 1 aromatic carbocycles. The van der Waals surface area contributed by atoms with Gasteiger partial charge in [0, 0.05) is 50.0 Å². The van der Waals surface area contributed by atoms with Gasteiger partial charge in [-0.1, -0.05) is 0 Å². The number of amides is 3. The van der Waals surface area contributed by atoms with E-state index in [1.807, 2.05) is 13.8 Å². The van der Waals surface area contributed by atoms with Crippen molar-refractivity contribution in [1.29, 1.82) is 0 Å². The van der Waals surface area contributed by atoms with Gasteiger partial charge in [0.05, 0.1) is 25.1 Å². The SMILES string of the molecule is COc1cc(NC(=O)C(=O)NC(C)(C)CN2CCN(C(=O)c3ccco3)CC2)ccc1-c1cnco1. The lowest BCUT2D eigenvalue weighted by molar-refractivity contribution is -0.137. The largest absolute Gasteiger partial charge is 0.496 e. The van der Waals surface area contributed by atoms with Crippen LogP contribution in [-0.4, -0.2) is 77.9 Å². The number of hydrogen-bond acceptors (Lipinski definition) is 8. The Hall–Kier alpha value is -4.12. The van der Waals surface area contributed by atoms with Gasteiger partial charge in [0.15, 0.2) is 17.9 Å². The number of carbonyl (C=O) groups is 3. The molecule has 3 amide bonds. The lowest BCUT2D eigenvalue weighted by Crippen LogP contribution is -2.57. The highest BCUT2D eigenvalue weighted by molar-refractivity contribution is 6.39. The highest BCUT2D eigenvalue weighted by Gasteiger charge is 2.30. The van der Waals surface area contributed by atoms with Gasteiger partial charge in [-0.05, 0) is 38.1 Å². The molecule has 1 saturated heterocycles. The number of piperazine rings is 1. The summed E-state index contributed by atoms with van der Waals surface area (Å²) in [5, 5.41) is 5.40. The Bertz CT molecular complexity index is 1200. The molecule has 0 radical (unpaired) electrons. The van der Waals surface area contributed by atoms with E-state index in [2.05, 4.69) is 20.5 Å². The fraction of sp³-hybridized carbons (Fsp3) is 0.360. The second-order valence-electron chi connectivity index (χ2n) is 9.12. The third kappa shape index (κ3) is 5.92. The molecule has 11 nitrogen and oxygen atoms in total. The number of ether oxygens (including phenoxy) is 1. The van der Waals surface area contributed by atoms with Crippen LogP contribution in [0.5, 0.6) is 5.75 Å². The highest BCUT2D eigenvalue weighted by Crippen LogP contribution is 2.32. The van der Waals surface area contributed by atoms with Crippen LogP contribution in [0.1, 0.15) is 24.4 Å². The van der Waals surface area contributed by atoms with Crippen LogP contribution >= 0.6 is 0 Å². The fourth-order valence-electron chi connectivity index (χ4n) is 4.14. The van der Waals surface area contributed by atoms with Crippen molar-refractivity contribution in [1.82, 2.24) is 20.1 Å². The van der Waals surface area contributed by atoms with Crippen molar-refractivity contribution in [3.63, 3.8) is 0 Å². The molecule has 0 unspecified atom stereocenters. The maximum atomic E-state index is 12.6. The van der Waals surface area contributed by atoms with E-state index in [1.165, 1.54) is 19.8 Å². The minimum absolute atomic E-state index is 0.130. The highest BCUT2D eigenvalue weighted by atomic mass is 16.5. The topological polar surface area (TPSA) is 130 Å². The van der Waals surface area contributed by atoms with Crippen LogP contribution in [0.2, 0.25) is 0 Å². The average molecular weight is 496 g/mol. The van der Waals surface area contributed by atoms with Crippen LogP contribution in [0.15, 0.2) is 58.0 Å². The normalized spacial score (nSPS) is 14.4. The number of aromatic nitrogens is 1. The first-order valence-corrected chi connectivity index (χ1v) is 11.5. The van der Waals surface area contributed by atoms with E-state index in [0.717, 1.165) is 0 Å². The third-order valence-electron chi connectivity index (χ3n) is 5.83. The number of methoxy groups -OCH3 is 1. The second-order valence-corrected chi connectivity index (χ2v) is 9.12. The average Bonchev–Trinajstić information content (AvgIpc) is 3.58. The summed E-state index contributed by atoms with van der Waals surface area (Å²) in [5.41, 5.74) is 0.407. The minimum Gasteiger partial charge on any atom is -0.496 e. The van der Waals surface area contributed by atoms with E-state index in [0.29, 0.717) is 61.2 Å². The number of benzene rings is 1. The molecular weight excluding hydrogens is 466 g/mol. The van der Waals surface area contributed by atoms with E-state index < -0.39 is 17.4 Å². The molecule has 3 aromatic rings. The van der Waals surface area contributed by atoms with Crippen LogP contribution in [0.4, 0.5) is 5.69 Å². The molecule has 0 saturated carbocycles. The maximum Gasteiger partial charge on any atom is 0.313 e. The van der Waals surface area contributed by atoms with Gasteiger partial charge in [-0.25, -0.2) is 4.98 Å². The van der Waals surface area contributed by atoms with Crippen molar-refractivity contribution in [2.24, 2.45) is 0 Å². The van der Waals surface area contributed by atoms with Crippen LogP contribution in [-0.2, 0) is 9.59 Å². The van der Waals surface area contributed by atoms with E-state index in [1.54, 1.807) is 41.4 Å². The fourth-order valence-corrected chi connectivity index (χ4v) is 4.14. The summed E-state index contributed by atoms with van der Waals surface area (Å²) in [6.45, 7) is 6.63. The van der Waals surface area contributed by atoms with Crippen molar-refractivity contribution in [2.45, 2.75) is 19.4 Å². The zero-order valence-electron chi connectivity index (χ0n) is 20.4. The second kappa shape index (κ2) is 10.6. The molecular formula is C25H29N5O6. The predicted molar refractivity (Wildman–Crippen MR) is 130 cm³/mol. The van der Waals surface area contributed by atoms with Gasteiger partial charge in [-0.15, -0.1) is 0 Å². The quantitative estimate of drug-likeness (QED) is 0.478. The Kier molecular flexibility index (Phi) is 7.39. The van der Waals surface area contributed by atoms with Crippen molar-refractivity contribution < 1.29 is 28.0 Å². The van der Waals surface area contributed by atoms with Gasteiger partial charge in [-0.3, -0.25) is 19.3 Å². The van der Waals surface area contributed by atoms with Crippen molar-refractivity contribution in [3.8, 4) is 17.1 Å². The maximum absolute atomic E-state index is 12.6. The zero-order chi connectivity index (χ0) is 25.7. The summed E-state index contributed by atoms with van der Waals surface area (Å²) in [6.07, 6.45) is 4.36. The molecule has 0 bridgehead atoms. The summed E-state index contributed by atoms with van der Waals surface area (Å²) in [5.74, 6) is -0.344. The Balaban J connectivity index is 1.28.